The van der Waals surface area contributed by atoms with Crippen molar-refractivity contribution in [2.45, 2.75) is 12.9 Å². The molecule has 0 saturated heterocycles. The van der Waals surface area contributed by atoms with Gasteiger partial charge in [0.15, 0.2) is 0 Å². The lowest BCUT2D eigenvalue weighted by Crippen LogP contribution is -2.46. The van der Waals surface area contributed by atoms with Gasteiger partial charge < -0.3 is 0 Å². The van der Waals surface area contributed by atoms with Crippen LogP contribution in [0.4, 0.5) is 13.2 Å². The largest absolute Gasteiger partial charge is 0.365 e. The van der Waals surface area contributed by atoms with Gasteiger partial charge in [0.05, 0.1) is 0 Å². The summed E-state index contributed by atoms with van der Waals surface area (Å²) in [5.41, 5.74) is 5.08. The zero-order chi connectivity index (χ0) is 10.0. The Morgan fingerprint density at radius 2 is 2.23 bits per heavy atom. The molecule has 1 heterocycles. The smallest absolute Gasteiger partial charge is 0.290 e. The molecule has 9 heteroatoms. The standard InChI is InChI=1S/C4H4ClF3N4O/c5-1-10-3(8)12(4(9)11-1)13-2(6)7/h2,4H,9H2. The van der Waals surface area contributed by atoms with Crippen LogP contribution in [0.2, 0.25) is 0 Å². The number of nitrogens with two attached hydrogens (primary N) is 1. The Hall–Kier alpha value is -0.860. The zero-order valence-corrected chi connectivity index (χ0v) is 6.75. The van der Waals surface area contributed by atoms with Crippen LogP contribution in [0.5, 0.6) is 0 Å². The van der Waals surface area contributed by atoms with Crippen molar-refractivity contribution in [3.63, 3.8) is 0 Å². The Kier molecular flexibility index (Phi) is 3.07. The van der Waals surface area contributed by atoms with Crippen molar-refractivity contribution in [1.82, 2.24) is 5.06 Å². The van der Waals surface area contributed by atoms with Crippen LogP contribution in [-0.2, 0) is 4.84 Å². The van der Waals surface area contributed by atoms with Gasteiger partial charge in [-0.2, -0.15) is 28.1 Å². The monoisotopic (exact) mass is 216 g/mol. The Bertz CT molecular complexity index is 258. The van der Waals surface area contributed by atoms with Gasteiger partial charge in [-0.15, -0.1) is 0 Å². The molecule has 0 aliphatic carbocycles. The Morgan fingerprint density at radius 1 is 1.62 bits per heavy atom. The maximum absolute atomic E-state index is 12.7. The van der Waals surface area contributed by atoms with Crippen LogP contribution in [0.15, 0.2) is 9.98 Å². The first-order chi connectivity index (χ1) is 6.00. The highest BCUT2D eigenvalue weighted by Gasteiger charge is 2.27. The Morgan fingerprint density at radius 3 is 2.69 bits per heavy atom. The summed E-state index contributed by atoms with van der Waals surface area (Å²) >= 11 is 5.18. The van der Waals surface area contributed by atoms with E-state index in [1.54, 1.807) is 0 Å². The SMILES string of the molecule is NC1N=C(Cl)N=C(F)N1OC(F)F. The van der Waals surface area contributed by atoms with E-state index in [1.807, 2.05) is 0 Å². The van der Waals surface area contributed by atoms with Crippen LogP contribution in [0.1, 0.15) is 0 Å². The third-order valence-electron chi connectivity index (χ3n) is 1.04. The highest BCUT2D eigenvalue weighted by Crippen LogP contribution is 2.12. The minimum Gasteiger partial charge on any atom is -0.290 e. The number of hydroxylamine groups is 2. The number of amidine groups is 2. The van der Waals surface area contributed by atoms with Crippen LogP contribution in [0.3, 0.4) is 0 Å². The highest BCUT2D eigenvalue weighted by atomic mass is 35.5. The van der Waals surface area contributed by atoms with Gasteiger partial charge in [0.2, 0.25) is 11.6 Å². The molecule has 0 bridgehead atoms. The van der Waals surface area contributed by atoms with E-state index in [0.717, 1.165) is 0 Å². The quantitative estimate of drug-likeness (QED) is 0.689. The fourth-order valence-corrected chi connectivity index (χ4v) is 0.786. The second-order valence-corrected chi connectivity index (χ2v) is 2.22. The molecule has 1 aliphatic heterocycles. The van der Waals surface area contributed by atoms with Crippen LogP contribution in [-0.4, -0.2) is 29.3 Å². The minimum atomic E-state index is -3.21. The van der Waals surface area contributed by atoms with Gasteiger partial charge in [-0.1, -0.05) is 0 Å². The topological polar surface area (TPSA) is 63.2 Å². The summed E-state index contributed by atoms with van der Waals surface area (Å²) in [6.45, 7) is -3.21. The van der Waals surface area contributed by atoms with Crippen molar-refractivity contribution in [3.8, 4) is 0 Å². The molecule has 0 spiro atoms. The first-order valence-electron chi connectivity index (χ1n) is 2.98. The molecule has 0 aromatic rings. The van der Waals surface area contributed by atoms with Gasteiger partial charge in [-0.25, -0.2) is 4.99 Å². The van der Waals surface area contributed by atoms with Crippen molar-refractivity contribution >= 4 is 23.0 Å². The van der Waals surface area contributed by atoms with E-state index >= 15 is 0 Å². The molecular formula is C4H4ClF3N4O. The molecule has 5 nitrogen and oxygen atoms in total. The maximum Gasteiger partial charge on any atom is 0.365 e. The molecule has 1 atom stereocenters. The zero-order valence-electron chi connectivity index (χ0n) is 5.99. The van der Waals surface area contributed by atoms with Gasteiger partial charge in [-0.05, 0) is 11.6 Å². The van der Waals surface area contributed by atoms with Crippen molar-refractivity contribution < 1.29 is 18.0 Å². The van der Waals surface area contributed by atoms with Gasteiger partial charge in [-0.3, -0.25) is 5.73 Å². The Balaban J connectivity index is 2.72. The summed E-state index contributed by atoms with van der Waals surface area (Å²) in [4.78, 5) is 9.86. The van der Waals surface area contributed by atoms with E-state index in [0.29, 0.717) is 0 Å². The molecule has 2 N–H and O–H groups in total. The van der Waals surface area contributed by atoms with Crippen molar-refractivity contribution in [2.24, 2.45) is 15.7 Å². The number of alkyl halides is 2. The molecule has 0 aromatic carbocycles. The summed E-state index contributed by atoms with van der Waals surface area (Å²) in [7, 11) is 0. The highest BCUT2D eigenvalue weighted by molar-refractivity contribution is 6.65. The summed E-state index contributed by atoms with van der Waals surface area (Å²) in [5, 5.41) is -0.435. The van der Waals surface area contributed by atoms with Crippen molar-refractivity contribution in [2.75, 3.05) is 0 Å². The summed E-state index contributed by atoms with van der Waals surface area (Å²) in [6, 6.07) is 0. The first kappa shape index (κ1) is 10.2. The van der Waals surface area contributed by atoms with E-state index < -0.39 is 24.3 Å². The van der Waals surface area contributed by atoms with Crippen molar-refractivity contribution in [1.29, 1.82) is 0 Å². The maximum atomic E-state index is 12.7. The van der Waals surface area contributed by atoms with Crippen LogP contribution < -0.4 is 5.73 Å². The normalized spacial score (nSPS) is 23.2. The van der Waals surface area contributed by atoms with E-state index in [1.165, 1.54) is 0 Å². The number of halogens is 4. The lowest BCUT2D eigenvalue weighted by atomic mass is 10.7. The molecule has 0 radical (unpaired) electrons. The van der Waals surface area contributed by atoms with E-state index in [4.69, 9.17) is 17.3 Å². The molecular weight excluding hydrogens is 213 g/mol. The summed E-state index contributed by atoms with van der Waals surface area (Å²) in [6.07, 6.45) is -2.83. The average molecular weight is 217 g/mol. The first-order valence-corrected chi connectivity index (χ1v) is 3.35. The van der Waals surface area contributed by atoms with E-state index in [-0.39, 0.29) is 5.06 Å². The molecule has 0 fully saturated rings. The van der Waals surface area contributed by atoms with E-state index in [2.05, 4.69) is 14.8 Å². The number of hydrogen-bond acceptors (Lipinski definition) is 5. The van der Waals surface area contributed by atoms with Gasteiger partial charge in [0.25, 0.3) is 0 Å². The predicted molar refractivity (Wildman–Crippen MR) is 38.7 cm³/mol. The van der Waals surface area contributed by atoms with Gasteiger partial charge >= 0.3 is 12.7 Å². The fraction of sp³-hybridized carbons (Fsp3) is 0.500. The molecule has 0 amide bonds. The van der Waals surface area contributed by atoms with Crippen LogP contribution in [0, 0.1) is 0 Å². The van der Waals surface area contributed by atoms with E-state index in [9.17, 15) is 13.2 Å². The second kappa shape index (κ2) is 3.90. The lowest BCUT2D eigenvalue weighted by Gasteiger charge is -2.25. The molecule has 74 valence electrons. The number of aliphatic imine (C=N–C) groups is 2. The number of rotatable bonds is 2. The number of hydrogen-bond donors (Lipinski definition) is 1. The Labute approximate surface area is 75.6 Å². The molecule has 0 aromatic heterocycles. The predicted octanol–water partition coefficient (Wildman–Crippen LogP) is 0.619. The molecule has 13 heavy (non-hydrogen) atoms. The lowest BCUT2D eigenvalue weighted by molar-refractivity contribution is -0.266. The third-order valence-corrected chi connectivity index (χ3v) is 1.22. The molecule has 1 aliphatic rings. The summed E-state index contributed by atoms with van der Waals surface area (Å²) < 4.78 is 36.0. The minimum absolute atomic E-state index is 0.0244. The second-order valence-electron chi connectivity index (χ2n) is 1.88. The number of nitrogens with zero attached hydrogens (tertiary/aromatic N) is 3. The van der Waals surface area contributed by atoms with Gasteiger partial charge in [0, 0.05) is 0 Å². The molecule has 0 saturated carbocycles. The third kappa shape index (κ3) is 2.54. The van der Waals surface area contributed by atoms with Crippen LogP contribution in [0.25, 0.3) is 0 Å². The average Bonchev–Trinajstić information content (AvgIpc) is 1.96. The molecule has 1 rings (SSSR count). The van der Waals surface area contributed by atoms with Crippen LogP contribution >= 0.6 is 11.6 Å². The van der Waals surface area contributed by atoms with Gasteiger partial charge in [0.1, 0.15) is 0 Å². The fourth-order valence-electron chi connectivity index (χ4n) is 0.617. The molecule has 1 unspecified atom stereocenters. The van der Waals surface area contributed by atoms with Crippen molar-refractivity contribution in [3.05, 3.63) is 0 Å². The summed E-state index contributed by atoms with van der Waals surface area (Å²) in [5.74, 6) is 0.